The van der Waals surface area contributed by atoms with Gasteiger partial charge >= 0.3 is 7.60 Å². The molecule has 4 heteroatoms. The van der Waals surface area contributed by atoms with E-state index in [0.717, 1.165) is 25.7 Å². The summed E-state index contributed by atoms with van der Waals surface area (Å²) < 4.78 is 24.4. The molecule has 0 fully saturated rings. The third-order valence-corrected chi connectivity index (χ3v) is 6.24. The van der Waals surface area contributed by atoms with Crippen LogP contribution in [0.2, 0.25) is 0 Å². The molecule has 0 spiro atoms. The van der Waals surface area contributed by atoms with Gasteiger partial charge in [0.2, 0.25) is 0 Å². The van der Waals surface area contributed by atoms with E-state index in [1.807, 2.05) is 30.3 Å². The molecular formula is C21H37O3P. The van der Waals surface area contributed by atoms with Crippen molar-refractivity contribution in [3.8, 4) is 5.75 Å². The first-order chi connectivity index (χ1) is 12.2. The first-order valence-corrected chi connectivity index (χ1v) is 11.9. The molecule has 1 atom stereocenters. The minimum atomic E-state index is -3.03. The molecular weight excluding hydrogens is 331 g/mol. The molecule has 0 N–H and O–H groups in total. The summed E-state index contributed by atoms with van der Waals surface area (Å²) in [6.45, 7) is 4.87. The van der Waals surface area contributed by atoms with Crippen LogP contribution in [-0.4, -0.2) is 12.8 Å². The molecule has 0 bridgehead atoms. The Bertz CT molecular complexity index is 461. The Morgan fingerprint density at radius 1 is 0.760 bits per heavy atom. The maximum absolute atomic E-state index is 12.9. The van der Waals surface area contributed by atoms with Crippen LogP contribution < -0.4 is 4.52 Å². The number of unbranched alkanes of at least 4 members (excludes halogenated alkanes) is 9. The average molecular weight is 368 g/mol. The zero-order chi connectivity index (χ0) is 18.2. The van der Waals surface area contributed by atoms with Crippen LogP contribution >= 0.6 is 7.60 Å². The van der Waals surface area contributed by atoms with Crippen LogP contribution in [0.15, 0.2) is 30.3 Å². The second kappa shape index (κ2) is 14.4. The van der Waals surface area contributed by atoms with Crippen LogP contribution in [0.5, 0.6) is 5.75 Å². The van der Waals surface area contributed by atoms with Crippen molar-refractivity contribution in [1.29, 1.82) is 0 Å². The van der Waals surface area contributed by atoms with E-state index < -0.39 is 7.60 Å². The molecule has 1 rings (SSSR count). The average Bonchev–Trinajstić information content (AvgIpc) is 2.62. The van der Waals surface area contributed by atoms with Crippen LogP contribution in [0.25, 0.3) is 0 Å². The number of benzene rings is 1. The monoisotopic (exact) mass is 368 g/mol. The van der Waals surface area contributed by atoms with Gasteiger partial charge in [-0.1, -0.05) is 89.8 Å². The lowest BCUT2D eigenvalue weighted by Crippen LogP contribution is -2.04. The second-order valence-corrected chi connectivity index (χ2v) is 8.86. The largest absolute Gasteiger partial charge is 0.424 e. The summed E-state index contributed by atoms with van der Waals surface area (Å²) in [5.74, 6) is 0.633. The van der Waals surface area contributed by atoms with E-state index in [1.54, 1.807) is 0 Å². The molecule has 0 saturated heterocycles. The Morgan fingerprint density at radius 2 is 1.32 bits per heavy atom. The molecule has 1 unspecified atom stereocenters. The van der Waals surface area contributed by atoms with Crippen molar-refractivity contribution in [2.24, 2.45) is 0 Å². The van der Waals surface area contributed by atoms with E-state index >= 15 is 0 Å². The fourth-order valence-electron chi connectivity index (χ4n) is 2.75. The van der Waals surface area contributed by atoms with E-state index in [0.29, 0.717) is 18.5 Å². The first kappa shape index (κ1) is 22.3. The van der Waals surface area contributed by atoms with E-state index in [9.17, 15) is 4.57 Å². The van der Waals surface area contributed by atoms with Crippen molar-refractivity contribution in [2.45, 2.75) is 84.5 Å². The topological polar surface area (TPSA) is 35.5 Å². The van der Waals surface area contributed by atoms with Gasteiger partial charge in [0.1, 0.15) is 5.75 Å². The molecule has 0 heterocycles. The number of para-hydroxylation sites is 1. The Labute approximate surface area is 155 Å². The Balaban J connectivity index is 2.21. The molecule has 0 amide bonds. The fourth-order valence-corrected chi connectivity index (χ4v) is 4.57. The van der Waals surface area contributed by atoms with Gasteiger partial charge in [-0.25, -0.2) is 4.57 Å². The summed E-state index contributed by atoms with van der Waals surface area (Å²) in [5.41, 5.74) is 0. The highest BCUT2D eigenvalue weighted by molar-refractivity contribution is 7.54. The lowest BCUT2D eigenvalue weighted by Gasteiger charge is -2.19. The van der Waals surface area contributed by atoms with Crippen molar-refractivity contribution in [1.82, 2.24) is 0 Å². The normalized spacial score (nSPS) is 13.5. The predicted octanol–water partition coefficient (Wildman–Crippen LogP) is 7.61. The number of hydrogen-bond acceptors (Lipinski definition) is 3. The SMILES string of the molecule is CCCCCCCCCCCOP(=O)(CCCC)Oc1ccccc1. The standard InChI is InChI=1S/C21H37O3P/c1-3-5-7-8-9-10-11-12-16-19-23-25(22,20-6-4-2)24-21-17-14-13-15-18-21/h13-15,17-18H,3-12,16,19-20H2,1-2H3. The van der Waals surface area contributed by atoms with Crippen molar-refractivity contribution in [2.75, 3.05) is 12.8 Å². The van der Waals surface area contributed by atoms with Crippen LogP contribution in [0.1, 0.15) is 84.5 Å². The summed E-state index contributed by atoms with van der Waals surface area (Å²) in [5, 5.41) is 0. The van der Waals surface area contributed by atoms with Crippen molar-refractivity contribution in [3.63, 3.8) is 0 Å². The maximum Gasteiger partial charge on any atom is 0.379 e. The molecule has 0 aliphatic heterocycles. The quantitative estimate of drug-likeness (QED) is 0.222. The zero-order valence-electron chi connectivity index (χ0n) is 16.3. The van der Waals surface area contributed by atoms with Crippen molar-refractivity contribution in [3.05, 3.63) is 30.3 Å². The molecule has 1 aromatic rings. The minimum Gasteiger partial charge on any atom is -0.424 e. The molecule has 0 radical (unpaired) electrons. The molecule has 0 aromatic heterocycles. The molecule has 3 nitrogen and oxygen atoms in total. The van der Waals surface area contributed by atoms with Gasteiger partial charge in [-0.05, 0) is 25.0 Å². The van der Waals surface area contributed by atoms with E-state index in [-0.39, 0.29) is 0 Å². The van der Waals surface area contributed by atoms with Crippen LogP contribution in [0, 0.1) is 0 Å². The minimum absolute atomic E-state index is 0.496. The van der Waals surface area contributed by atoms with Crippen LogP contribution in [0.4, 0.5) is 0 Å². The molecule has 0 aliphatic carbocycles. The highest BCUT2D eigenvalue weighted by Gasteiger charge is 2.25. The number of rotatable bonds is 16. The van der Waals surface area contributed by atoms with Gasteiger partial charge in [-0.3, -0.25) is 4.52 Å². The highest BCUT2D eigenvalue weighted by atomic mass is 31.2. The van der Waals surface area contributed by atoms with E-state index in [1.165, 1.54) is 44.9 Å². The van der Waals surface area contributed by atoms with Gasteiger partial charge in [0.25, 0.3) is 0 Å². The Hall–Kier alpha value is -0.790. The van der Waals surface area contributed by atoms with Gasteiger partial charge in [0.15, 0.2) is 0 Å². The third-order valence-electron chi connectivity index (χ3n) is 4.31. The first-order valence-electron chi connectivity index (χ1n) is 10.2. The Morgan fingerprint density at radius 3 is 1.92 bits per heavy atom. The van der Waals surface area contributed by atoms with Crippen molar-refractivity contribution < 1.29 is 13.6 Å². The molecule has 1 aromatic carbocycles. The summed E-state index contributed by atoms with van der Waals surface area (Å²) in [6, 6.07) is 9.37. The summed E-state index contributed by atoms with van der Waals surface area (Å²) in [4.78, 5) is 0. The molecule has 25 heavy (non-hydrogen) atoms. The third kappa shape index (κ3) is 11.4. The maximum atomic E-state index is 12.9. The molecule has 0 aliphatic rings. The van der Waals surface area contributed by atoms with Gasteiger partial charge in [0.05, 0.1) is 12.8 Å². The predicted molar refractivity (Wildman–Crippen MR) is 108 cm³/mol. The summed E-state index contributed by atoms with van der Waals surface area (Å²) in [6.07, 6.45) is 13.7. The smallest absolute Gasteiger partial charge is 0.379 e. The zero-order valence-corrected chi connectivity index (χ0v) is 17.1. The van der Waals surface area contributed by atoms with E-state index in [4.69, 9.17) is 9.05 Å². The molecule has 144 valence electrons. The number of hydrogen-bond donors (Lipinski definition) is 0. The second-order valence-electron chi connectivity index (χ2n) is 6.75. The van der Waals surface area contributed by atoms with Crippen LogP contribution in [0.3, 0.4) is 0 Å². The molecule has 0 saturated carbocycles. The van der Waals surface area contributed by atoms with Gasteiger partial charge in [-0.15, -0.1) is 0 Å². The Kier molecular flexibility index (Phi) is 12.8. The van der Waals surface area contributed by atoms with Crippen LogP contribution in [-0.2, 0) is 9.09 Å². The lowest BCUT2D eigenvalue weighted by atomic mass is 10.1. The van der Waals surface area contributed by atoms with Crippen molar-refractivity contribution >= 4 is 7.60 Å². The fraction of sp³-hybridized carbons (Fsp3) is 0.714. The van der Waals surface area contributed by atoms with Gasteiger partial charge < -0.3 is 4.52 Å². The summed E-state index contributed by atoms with van der Waals surface area (Å²) >= 11 is 0. The highest BCUT2D eigenvalue weighted by Crippen LogP contribution is 2.49. The van der Waals surface area contributed by atoms with Gasteiger partial charge in [0, 0.05) is 0 Å². The van der Waals surface area contributed by atoms with E-state index in [2.05, 4.69) is 13.8 Å². The lowest BCUT2D eigenvalue weighted by molar-refractivity contribution is 0.257. The van der Waals surface area contributed by atoms with Gasteiger partial charge in [-0.2, -0.15) is 0 Å². The summed E-state index contributed by atoms with van der Waals surface area (Å²) in [7, 11) is -3.03.